The Balaban J connectivity index is 1.40. The van der Waals surface area contributed by atoms with Crippen molar-refractivity contribution in [1.29, 1.82) is 0 Å². The number of anilines is 2. The van der Waals surface area contributed by atoms with E-state index in [0.717, 1.165) is 12.1 Å². The number of halogens is 1. The third-order valence-electron chi connectivity index (χ3n) is 8.02. The molecular formula is C36H24ClNO11S3. The van der Waals surface area contributed by atoms with E-state index in [1.54, 1.807) is 60.7 Å². The molecule has 0 saturated heterocycles. The summed E-state index contributed by atoms with van der Waals surface area (Å²) >= 11 is 6.10. The summed E-state index contributed by atoms with van der Waals surface area (Å²) in [7, 11) is -16.7. The first-order valence-corrected chi connectivity index (χ1v) is 19.7. The maximum Gasteiger partial charge on any atom is 0.344 e. The van der Waals surface area contributed by atoms with E-state index in [0.29, 0.717) is 27.2 Å². The standard InChI is InChI=1S/C36H24ClNO11S3/c37-24-13-16-28-29(20-24)34(50(41,42)43)36(52(46,47)48-26-15-12-21-6-1-2-7-22(21)19-26)35(33(28)40)51(44,45)49-32-11-4-3-9-30(32)38-25-14-17-27-23(18-25)8-5-10-31(27)39/h1-20,38-40H,(H,41,42,43). The van der Waals surface area contributed by atoms with Crippen LogP contribution in [0.3, 0.4) is 0 Å². The molecule has 0 atom stereocenters. The average Bonchev–Trinajstić information content (AvgIpc) is 3.08. The number of phenols is 2. The zero-order chi connectivity index (χ0) is 37.0. The van der Waals surface area contributed by atoms with Crippen molar-refractivity contribution >= 4 is 85.6 Å². The summed E-state index contributed by atoms with van der Waals surface area (Å²) in [6.07, 6.45) is 0. The molecule has 0 fully saturated rings. The predicted molar refractivity (Wildman–Crippen MR) is 195 cm³/mol. The highest BCUT2D eigenvalue weighted by molar-refractivity contribution is 7.91. The number of aromatic hydroxyl groups is 2. The van der Waals surface area contributed by atoms with Crippen molar-refractivity contribution in [1.82, 2.24) is 0 Å². The zero-order valence-corrected chi connectivity index (χ0v) is 29.5. The van der Waals surface area contributed by atoms with Crippen LogP contribution >= 0.6 is 11.6 Å². The molecule has 264 valence electrons. The van der Waals surface area contributed by atoms with Gasteiger partial charge in [-0.2, -0.15) is 25.3 Å². The van der Waals surface area contributed by atoms with E-state index in [1.165, 1.54) is 48.5 Å². The lowest BCUT2D eigenvalue weighted by atomic mass is 10.1. The largest absolute Gasteiger partial charge is 0.507 e. The van der Waals surface area contributed by atoms with Gasteiger partial charge in [0, 0.05) is 26.9 Å². The summed E-state index contributed by atoms with van der Waals surface area (Å²) in [4.78, 5) is -4.56. The third kappa shape index (κ3) is 6.51. The molecule has 0 saturated carbocycles. The van der Waals surface area contributed by atoms with E-state index < -0.39 is 61.6 Å². The topological polar surface area (TPSA) is 194 Å². The van der Waals surface area contributed by atoms with Crippen LogP contribution < -0.4 is 13.7 Å². The molecule has 0 aliphatic heterocycles. The number of fused-ring (bicyclic) bond motifs is 3. The lowest BCUT2D eigenvalue weighted by molar-refractivity contribution is 0.433. The van der Waals surface area contributed by atoms with Gasteiger partial charge < -0.3 is 23.9 Å². The molecule has 0 aromatic heterocycles. The quantitative estimate of drug-likeness (QED) is 0.0824. The first kappa shape index (κ1) is 34.9. The highest BCUT2D eigenvalue weighted by Crippen LogP contribution is 2.46. The molecule has 0 radical (unpaired) electrons. The minimum Gasteiger partial charge on any atom is -0.507 e. The fourth-order valence-corrected chi connectivity index (χ4v) is 10.3. The Labute approximate surface area is 302 Å². The van der Waals surface area contributed by atoms with Crippen molar-refractivity contribution in [2.45, 2.75) is 14.7 Å². The Bertz CT molecular complexity index is 2940. The number of phenolic OH excluding ortho intramolecular Hbond substituents is 2. The molecule has 0 aliphatic rings. The average molecular weight is 778 g/mol. The first-order valence-electron chi connectivity index (χ1n) is 15.0. The Morgan fingerprint density at radius 3 is 2.00 bits per heavy atom. The third-order valence-corrected chi connectivity index (χ3v) is 12.1. The van der Waals surface area contributed by atoms with Crippen LogP contribution in [0.2, 0.25) is 5.02 Å². The van der Waals surface area contributed by atoms with Gasteiger partial charge in [0.15, 0.2) is 15.5 Å². The molecule has 0 spiro atoms. The van der Waals surface area contributed by atoms with Crippen LogP contribution in [-0.4, -0.2) is 40.0 Å². The van der Waals surface area contributed by atoms with E-state index in [2.05, 4.69) is 5.32 Å². The normalized spacial score (nSPS) is 12.3. The highest BCUT2D eigenvalue weighted by Gasteiger charge is 2.42. The van der Waals surface area contributed by atoms with Gasteiger partial charge in [-0.3, -0.25) is 4.55 Å². The summed E-state index contributed by atoms with van der Waals surface area (Å²) < 4.78 is 104. The monoisotopic (exact) mass is 777 g/mol. The molecular weight excluding hydrogens is 754 g/mol. The summed E-state index contributed by atoms with van der Waals surface area (Å²) in [6, 6.07) is 29.6. The second-order valence-electron chi connectivity index (χ2n) is 11.4. The van der Waals surface area contributed by atoms with Crippen molar-refractivity contribution in [2.75, 3.05) is 5.32 Å². The highest BCUT2D eigenvalue weighted by atomic mass is 35.5. The van der Waals surface area contributed by atoms with Crippen molar-refractivity contribution in [3.8, 4) is 23.0 Å². The molecule has 7 aromatic carbocycles. The van der Waals surface area contributed by atoms with Crippen molar-refractivity contribution in [3.05, 3.63) is 126 Å². The van der Waals surface area contributed by atoms with Crippen LogP contribution in [0, 0.1) is 0 Å². The Morgan fingerprint density at radius 1 is 0.558 bits per heavy atom. The summed E-state index contributed by atoms with van der Waals surface area (Å²) in [6.45, 7) is 0. The van der Waals surface area contributed by atoms with Gasteiger partial charge in [-0.05, 0) is 82.9 Å². The maximum atomic E-state index is 14.3. The van der Waals surface area contributed by atoms with E-state index in [-0.39, 0.29) is 28.0 Å². The lowest BCUT2D eigenvalue weighted by Crippen LogP contribution is -2.22. The molecule has 52 heavy (non-hydrogen) atoms. The first-order chi connectivity index (χ1) is 24.6. The fourth-order valence-electron chi connectivity index (χ4n) is 5.77. The van der Waals surface area contributed by atoms with E-state index in [1.807, 2.05) is 0 Å². The Kier molecular flexibility index (Phi) is 8.63. The number of nitrogens with one attached hydrogen (secondary N) is 1. The van der Waals surface area contributed by atoms with Gasteiger partial charge in [-0.1, -0.05) is 66.2 Å². The van der Waals surface area contributed by atoms with Crippen molar-refractivity contribution in [2.24, 2.45) is 0 Å². The van der Waals surface area contributed by atoms with E-state index >= 15 is 0 Å². The van der Waals surface area contributed by atoms with Crippen molar-refractivity contribution < 1.29 is 48.4 Å². The molecule has 0 unspecified atom stereocenters. The van der Waals surface area contributed by atoms with Gasteiger partial charge in [-0.25, -0.2) is 0 Å². The SMILES string of the molecule is O=S(=O)(O)c1c(S(=O)(=O)Oc2ccc3ccccc3c2)c(S(=O)(=O)Oc2ccccc2Nc2ccc3c(O)cccc3c2)c(O)c2ccc(Cl)cc12. The minimum atomic E-state index is -5.61. The lowest BCUT2D eigenvalue weighted by Gasteiger charge is -2.20. The van der Waals surface area contributed by atoms with Crippen LogP contribution in [0.4, 0.5) is 11.4 Å². The molecule has 7 rings (SSSR count). The molecule has 0 amide bonds. The number of para-hydroxylation sites is 2. The van der Waals surface area contributed by atoms with Gasteiger partial charge in [0.05, 0.1) is 5.69 Å². The number of hydrogen-bond donors (Lipinski definition) is 4. The maximum absolute atomic E-state index is 14.3. The molecule has 4 N–H and O–H groups in total. The van der Waals surface area contributed by atoms with Gasteiger partial charge in [0.1, 0.15) is 22.1 Å². The number of rotatable bonds is 9. The van der Waals surface area contributed by atoms with Gasteiger partial charge >= 0.3 is 20.2 Å². The molecule has 12 nitrogen and oxygen atoms in total. The summed E-state index contributed by atoms with van der Waals surface area (Å²) in [5.74, 6) is -1.90. The van der Waals surface area contributed by atoms with E-state index in [9.17, 15) is 40.0 Å². The molecule has 16 heteroatoms. The zero-order valence-electron chi connectivity index (χ0n) is 26.3. The predicted octanol–water partition coefficient (Wildman–Crippen LogP) is 7.74. The van der Waals surface area contributed by atoms with Gasteiger partial charge in [0.25, 0.3) is 10.1 Å². The molecule has 0 heterocycles. The number of hydrogen-bond acceptors (Lipinski definition) is 11. The smallest absolute Gasteiger partial charge is 0.344 e. The molecule has 0 bridgehead atoms. The van der Waals surface area contributed by atoms with Crippen LogP contribution in [0.1, 0.15) is 0 Å². The Hall–Kier alpha value is -5.58. The van der Waals surface area contributed by atoms with Gasteiger partial charge in [-0.15, -0.1) is 0 Å². The second kappa shape index (κ2) is 12.9. The van der Waals surface area contributed by atoms with Gasteiger partial charge in [0.2, 0.25) is 0 Å². The molecule has 7 aromatic rings. The van der Waals surface area contributed by atoms with Crippen LogP contribution in [0.5, 0.6) is 23.0 Å². The second-order valence-corrected chi connectivity index (χ2v) is 16.2. The Morgan fingerprint density at radius 2 is 1.23 bits per heavy atom. The van der Waals surface area contributed by atoms with E-state index in [4.69, 9.17) is 20.0 Å². The number of benzene rings is 7. The van der Waals surface area contributed by atoms with Crippen LogP contribution in [-0.2, 0) is 30.4 Å². The summed E-state index contributed by atoms with van der Waals surface area (Å²) in [5.41, 5.74) is 0.502. The molecule has 0 aliphatic carbocycles. The fraction of sp³-hybridized carbons (Fsp3) is 0. The minimum absolute atomic E-state index is 0.0518. The van der Waals surface area contributed by atoms with Crippen LogP contribution in [0.15, 0.2) is 136 Å². The van der Waals surface area contributed by atoms with Crippen molar-refractivity contribution in [3.63, 3.8) is 0 Å². The summed E-state index contributed by atoms with van der Waals surface area (Å²) in [5, 5.41) is 25.9. The van der Waals surface area contributed by atoms with Crippen LogP contribution in [0.25, 0.3) is 32.3 Å².